The van der Waals surface area contributed by atoms with E-state index in [0.717, 1.165) is 50.7 Å². The molecular formula is C51H74F3N11O8. The van der Waals surface area contributed by atoms with Crippen LogP contribution < -0.4 is 32.3 Å². The molecule has 2 aliphatic heterocycles. The first-order chi connectivity index (χ1) is 34.8. The van der Waals surface area contributed by atoms with Crippen LogP contribution >= 0.6 is 0 Å². The number of carbonyl (C=O) groups is 6. The second-order valence-electron chi connectivity index (χ2n) is 20.0. The van der Waals surface area contributed by atoms with E-state index in [1.165, 1.54) is 17.3 Å². The van der Waals surface area contributed by atoms with Crippen LogP contribution in [0.1, 0.15) is 103 Å². The molecule has 402 valence electrons. The van der Waals surface area contributed by atoms with Crippen molar-refractivity contribution < 1.29 is 51.4 Å². The van der Waals surface area contributed by atoms with Crippen LogP contribution in [0, 0.1) is 11.8 Å². The highest BCUT2D eigenvalue weighted by Gasteiger charge is 2.39. The van der Waals surface area contributed by atoms with Crippen molar-refractivity contribution in [3.63, 3.8) is 0 Å². The average Bonchev–Trinajstić information content (AvgIpc) is 3.90. The zero-order valence-corrected chi connectivity index (χ0v) is 42.5. The molecule has 2 saturated carbocycles. The number of halogens is 3. The van der Waals surface area contributed by atoms with Crippen LogP contribution in [0.4, 0.5) is 19.0 Å². The van der Waals surface area contributed by atoms with Crippen molar-refractivity contribution in [2.75, 3.05) is 65.0 Å². The topological polar surface area (TPSA) is 252 Å². The number of nitrogens with zero attached hydrogens (tertiary/aromatic N) is 5. The summed E-state index contributed by atoms with van der Waals surface area (Å²) in [5.41, 5.74) is 5.03. The Morgan fingerprint density at radius 1 is 0.781 bits per heavy atom. The molecule has 6 amide bonds. The maximum absolute atomic E-state index is 13.2. The smallest absolute Gasteiger partial charge is 0.379 e. The summed E-state index contributed by atoms with van der Waals surface area (Å²) in [7, 11) is 1.67. The molecule has 2 unspecified atom stereocenters. The summed E-state index contributed by atoms with van der Waals surface area (Å²) < 4.78 is 50.3. The number of nitrogens with two attached hydrogens (primary N) is 1. The Bertz CT molecular complexity index is 2230. The minimum absolute atomic E-state index is 0.00373. The van der Waals surface area contributed by atoms with E-state index in [9.17, 15) is 41.9 Å². The highest BCUT2D eigenvalue weighted by Crippen LogP contribution is 2.34. The molecule has 1 aromatic carbocycles. The van der Waals surface area contributed by atoms with Gasteiger partial charge in [0.1, 0.15) is 18.2 Å². The van der Waals surface area contributed by atoms with Crippen LogP contribution in [0.5, 0.6) is 0 Å². The number of aromatic nitrogens is 3. The average molecular weight is 1030 g/mol. The minimum Gasteiger partial charge on any atom is -0.379 e. The number of ether oxygens (including phenoxy) is 2. The number of likely N-dealkylation sites (tertiary alicyclic amines) is 2. The minimum atomic E-state index is -4.46. The van der Waals surface area contributed by atoms with Gasteiger partial charge in [-0.15, -0.1) is 0 Å². The van der Waals surface area contributed by atoms with Crippen molar-refractivity contribution in [2.24, 2.45) is 17.6 Å². The van der Waals surface area contributed by atoms with Crippen LogP contribution in [0.3, 0.4) is 0 Å². The molecule has 7 rings (SSSR count). The fourth-order valence-corrected chi connectivity index (χ4v) is 9.31. The zero-order chi connectivity index (χ0) is 53.0. The summed E-state index contributed by atoms with van der Waals surface area (Å²) in [5, 5.41) is 15.4. The van der Waals surface area contributed by atoms with Gasteiger partial charge in [-0.25, -0.2) is 9.97 Å². The van der Waals surface area contributed by atoms with Crippen molar-refractivity contribution >= 4 is 52.2 Å². The maximum Gasteiger partial charge on any atom is 0.416 e. The number of amides is 6. The Morgan fingerprint density at radius 3 is 2.07 bits per heavy atom. The lowest BCUT2D eigenvalue weighted by Crippen LogP contribution is -2.49. The van der Waals surface area contributed by atoms with Crippen LogP contribution in [0.25, 0.3) is 10.9 Å². The lowest BCUT2D eigenvalue weighted by Gasteiger charge is -2.37. The molecule has 2 aromatic heterocycles. The number of alkyl halides is 3. The molecule has 22 heteroatoms. The van der Waals surface area contributed by atoms with Gasteiger partial charge in [-0.1, -0.05) is 6.07 Å². The Balaban J connectivity index is 0.000000243. The van der Waals surface area contributed by atoms with Crippen LogP contribution in [-0.2, 0) is 44.4 Å². The van der Waals surface area contributed by atoms with Crippen LogP contribution in [-0.4, -0.2) is 150 Å². The van der Waals surface area contributed by atoms with E-state index in [1.54, 1.807) is 19.4 Å². The van der Waals surface area contributed by atoms with E-state index >= 15 is 0 Å². The first-order valence-corrected chi connectivity index (χ1v) is 25.3. The fourth-order valence-electron chi connectivity index (χ4n) is 9.31. The molecule has 2 aliphatic carbocycles. The van der Waals surface area contributed by atoms with E-state index in [1.807, 2.05) is 23.1 Å². The summed E-state index contributed by atoms with van der Waals surface area (Å²) in [6.45, 7) is 9.41. The van der Waals surface area contributed by atoms with E-state index < -0.39 is 17.8 Å². The molecular weight excluding hydrogens is 952 g/mol. The Hall–Kier alpha value is -6.00. The molecule has 4 heterocycles. The number of nitrogens with one attached hydrogen (secondary N) is 5. The van der Waals surface area contributed by atoms with Gasteiger partial charge >= 0.3 is 6.18 Å². The van der Waals surface area contributed by atoms with E-state index in [0.29, 0.717) is 76.9 Å². The first kappa shape index (κ1) is 57.9. The van der Waals surface area contributed by atoms with Crippen molar-refractivity contribution in [1.29, 1.82) is 0 Å². The number of benzene rings is 1. The summed E-state index contributed by atoms with van der Waals surface area (Å²) in [5.74, 6) is -0.952. The van der Waals surface area contributed by atoms with Gasteiger partial charge in [0.05, 0.1) is 43.4 Å². The second kappa shape index (κ2) is 28.5. The number of rotatable bonds is 19. The van der Waals surface area contributed by atoms with Gasteiger partial charge in [0.25, 0.3) is 0 Å². The molecule has 73 heavy (non-hydrogen) atoms. The Kier molecular flexibility index (Phi) is 22.6. The van der Waals surface area contributed by atoms with Crippen molar-refractivity contribution in [1.82, 2.24) is 46.0 Å². The predicted octanol–water partition coefficient (Wildman–Crippen LogP) is 4.11. The summed E-state index contributed by atoms with van der Waals surface area (Å²) in [6.07, 6.45) is 8.50. The predicted molar refractivity (Wildman–Crippen MR) is 267 cm³/mol. The third kappa shape index (κ3) is 19.7. The molecule has 4 fully saturated rings. The van der Waals surface area contributed by atoms with Gasteiger partial charge < -0.3 is 51.6 Å². The third-order valence-electron chi connectivity index (χ3n) is 13.1. The van der Waals surface area contributed by atoms with E-state index in [-0.39, 0.29) is 102 Å². The van der Waals surface area contributed by atoms with Gasteiger partial charge in [-0.2, -0.15) is 13.2 Å². The standard InChI is InChI=1S/C23H30F3N5O.C23H39N5O7.C5H5N/c1-22(2,3)30-15-5-7-16(8-6-15)31-11-10-19(21(31)32)29-20-17-12-14(23(24,25)26)4-9-18(17)27-13-28-20;1-28-15-17(14-21(28)31)23(33)26-8-6-19(29)25-9-11-35-13-12-34-10-7-20(30)27-18-4-2-16(3-5-18)22(24)32;1-2-4-6-5-3-1/h4,9,12-13,15-16,19,30H,5-8,10-11H2,1-3H3,(H,27,28,29);16-18H,2-15H2,1H3,(H2,24,32)(H,25,29)(H,26,33)(H,27,30);1-5H. The van der Waals surface area contributed by atoms with Gasteiger partial charge in [0, 0.05) is 99.9 Å². The SMILES string of the molecule is CC(C)(C)NC1CCC(N2CCC(Nc3ncnc4ccc(C(F)(F)F)cc34)C2=O)CC1.CN1CC(C(=O)NCCC(=O)NCCOCCOCCC(=O)NC2CCC(C(N)=O)CC2)CC1=O.c1ccncc1. The molecule has 3 aromatic rings. The van der Waals surface area contributed by atoms with Crippen molar-refractivity contribution in [2.45, 2.75) is 134 Å². The van der Waals surface area contributed by atoms with Crippen LogP contribution in [0.15, 0.2) is 55.1 Å². The van der Waals surface area contributed by atoms with Gasteiger partial charge in [-0.3, -0.25) is 33.8 Å². The molecule has 7 N–H and O–H groups in total. The largest absolute Gasteiger partial charge is 0.416 e. The molecule has 0 spiro atoms. The van der Waals surface area contributed by atoms with E-state index in [2.05, 4.69) is 62.3 Å². The number of hydrogen-bond donors (Lipinski definition) is 6. The van der Waals surface area contributed by atoms with Crippen molar-refractivity contribution in [3.05, 3.63) is 60.7 Å². The Morgan fingerprint density at radius 2 is 1.47 bits per heavy atom. The number of primary amides is 1. The molecule has 2 saturated heterocycles. The number of pyridine rings is 1. The fraction of sp³-hybridized carbons (Fsp3) is 0.627. The molecule has 0 radical (unpaired) electrons. The molecule has 0 bridgehead atoms. The summed E-state index contributed by atoms with van der Waals surface area (Å²) in [6, 6.07) is 9.37. The zero-order valence-electron chi connectivity index (χ0n) is 42.5. The molecule has 4 aliphatic rings. The number of anilines is 1. The lowest BCUT2D eigenvalue weighted by atomic mass is 9.85. The maximum atomic E-state index is 13.2. The monoisotopic (exact) mass is 1030 g/mol. The highest BCUT2D eigenvalue weighted by molar-refractivity contribution is 5.93. The molecule has 2 atom stereocenters. The quantitative estimate of drug-likeness (QED) is 0.0927. The third-order valence-corrected chi connectivity index (χ3v) is 13.1. The lowest BCUT2D eigenvalue weighted by molar-refractivity contribution is -0.137. The number of carbonyl (C=O) groups excluding carboxylic acids is 6. The van der Waals surface area contributed by atoms with Gasteiger partial charge in [-0.05, 0) is 109 Å². The van der Waals surface area contributed by atoms with Gasteiger partial charge in [0.15, 0.2) is 0 Å². The first-order valence-electron chi connectivity index (χ1n) is 25.3. The van der Waals surface area contributed by atoms with Crippen LogP contribution in [0.2, 0.25) is 0 Å². The summed E-state index contributed by atoms with van der Waals surface area (Å²) in [4.78, 5) is 87.0. The number of hydrogen-bond acceptors (Lipinski definition) is 13. The van der Waals surface area contributed by atoms with Gasteiger partial charge in [0.2, 0.25) is 35.4 Å². The normalized spacial score (nSPS) is 22.1. The van der Waals surface area contributed by atoms with Crippen molar-refractivity contribution in [3.8, 4) is 0 Å². The highest BCUT2D eigenvalue weighted by atomic mass is 19.4. The summed E-state index contributed by atoms with van der Waals surface area (Å²) >= 11 is 0. The van der Waals surface area contributed by atoms with E-state index in [4.69, 9.17) is 15.2 Å². The Labute approximate surface area is 425 Å². The second-order valence-corrected chi connectivity index (χ2v) is 20.0. The molecule has 19 nitrogen and oxygen atoms in total. The number of fused-ring (bicyclic) bond motifs is 1.